The van der Waals surface area contributed by atoms with Crippen molar-refractivity contribution < 1.29 is 9.47 Å². The number of nitrogens with zero attached hydrogens (tertiary/aromatic N) is 2. The van der Waals surface area contributed by atoms with Crippen molar-refractivity contribution in [3.63, 3.8) is 0 Å². The Hall–Kier alpha value is -1.97. The summed E-state index contributed by atoms with van der Waals surface area (Å²) in [5.74, 6) is 2.60. The molecule has 0 N–H and O–H groups in total. The van der Waals surface area contributed by atoms with Gasteiger partial charge in [0.15, 0.2) is 0 Å². The highest BCUT2D eigenvalue weighted by atomic mass is 16.5. The summed E-state index contributed by atoms with van der Waals surface area (Å²) in [5, 5.41) is 0. The lowest BCUT2D eigenvalue weighted by molar-refractivity contribution is 0.289. The highest BCUT2D eigenvalue weighted by Gasteiger charge is 2.05. The minimum atomic E-state index is 0.480. The summed E-state index contributed by atoms with van der Waals surface area (Å²) < 4.78 is 13.0. The maximum Gasteiger partial charge on any atom is 0.146 e. The summed E-state index contributed by atoms with van der Waals surface area (Å²) in [6, 6.07) is 7.55. The summed E-state index contributed by atoms with van der Waals surface area (Å²) in [6.07, 6.45) is 1.87. The van der Waals surface area contributed by atoms with Gasteiger partial charge in [0.25, 0.3) is 0 Å². The van der Waals surface area contributed by atoms with Gasteiger partial charge in [0, 0.05) is 18.4 Å². The van der Waals surface area contributed by atoms with Crippen LogP contribution >= 0.6 is 0 Å². The zero-order chi connectivity index (χ0) is 13.0. The Morgan fingerprint density at radius 1 is 1.17 bits per heavy atom. The molecule has 1 heterocycles. The fourth-order valence-corrected chi connectivity index (χ4v) is 1.88. The first kappa shape index (κ1) is 12.5. The number of aromatic nitrogens is 2. The van der Waals surface area contributed by atoms with Crippen LogP contribution in [0.25, 0.3) is 0 Å². The molecule has 0 aliphatic rings. The normalized spacial score (nSPS) is 10.4. The summed E-state index contributed by atoms with van der Waals surface area (Å²) in [4.78, 5) is 4.35. The Bertz CT molecular complexity index is 503. The molecule has 96 valence electrons. The highest BCUT2D eigenvalue weighted by Crippen LogP contribution is 2.18. The lowest BCUT2D eigenvalue weighted by Crippen LogP contribution is -2.07. The molecule has 0 amide bonds. The van der Waals surface area contributed by atoms with E-state index in [2.05, 4.69) is 16.5 Å². The number of benzene rings is 1. The van der Waals surface area contributed by atoms with E-state index in [1.807, 2.05) is 37.4 Å². The molecule has 4 heteroatoms. The average Bonchev–Trinajstić information content (AvgIpc) is 2.77. The molecule has 1 aromatic heterocycles. The predicted molar refractivity (Wildman–Crippen MR) is 70.0 cm³/mol. The molecule has 0 spiro atoms. The van der Waals surface area contributed by atoms with E-state index < -0.39 is 0 Å². The molecular weight excluding hydrogens is 228 g/mol. The van der Waals surface area contributed by atoms with Crippen LogP contribution in [0, 0.1) is 6.92 Å². The maximum atomic E-state index is 5.71. The third-order valence-corrected chi connectivity index (χ3v) is 2.88. The lowest BCUT2D eigenvalue weighted by Gasteiger charge is -2.09. The van der Waals surface area contributed by atoms with Crippen LogP contribution in [0.2, 0.25) is 0 Å². The zero-order valence-corrected chi connectivity index (χ0v) is 11.0. The van der Waals surface area contributed by atoms with Crippen molar-refractivity contribution in [2.24, 2.45) is 0 Å². The van der Waals surface area contributed by atoms with Crippen LogP contribution in [0.5, 0.6) is 11.5 Å². The van der Waals surface area contributed by atoms with E-state index in [-0.39, 0.29) is 0 Å². The number of aryl methyl sites for hydroxylation is 1. The second-order valence-corrected chi connectivity index (χ2v) is 4.02. The number of imidazole rings is 1. The second kappa shape index (κ2) is 5.58. The van der Waals surface area contributed by atoms with Gasteiger partial charge in [-0.15, -0.1) is 0 Å². The van der Waals surface area contributed by atoms with Crippen LogP contribution in [0.3, 0.4) is 0 Å². The molecule has 0 bridgehead atoms. The Labute approximate surface area is 107 Å². The van der Waals surface area contributed by atoms with E-state index >= 15 is 0 Å². The molecule has 0 aliphatic carbocycles. The fraction of sp³-hybridized carbons (Fsp3) is 0.357. The third kappa shape index (κ3) is 2.64. The number of rotatable bonds is 5. The average molecular weight is 246 g/mol. The summed E-state index contributed by atoms with van der Waals surface area (Å²) in [5.41, 5.74) is 1.16. The van der Waals surface area contributed by atoms with Gasteiger partial charge >= 0.3 is 0 Å². The molecule has 0 aliphatic heterocycles. The zero-order valence-electron chi connectivity index (χ0n) is 11.0. The minimum Gasteiger partial charge on any atom is -0.497 e. The highest BCUT2D eigenvalue weighted by molar-refractivity contribution is 5.31. The van der Waals surface area contributed by atoms with Crippen LogP contribution in [-0.4, -0.2) is 16.7 Å². The van der Waals surface area contributed by atoms with Gasteiger partial charge in [0.05, 0.1) is 7.11 Å². The lowest BCUT2D eigenvalue weighted by atomic mass is 10.3. The van der Waals surface area contributed by atoms with E-state index in [1.165, 1.54) is 0 Å². The van der Waals surface area contributed by atoms with E-state index in [0.717, 1.165) is 29.6 Å². The van der Waals surface area contributed by atoms with Gasteiger partial charge in [0.2, 0.25) is 0 Å². The van der Waals surface area contributed by atoms with E-state index in [0.29, 0.717) is 6.61 Å². The molecule has 0 radical (unpaired) electrons. The van der Waals surface area contributed by atoms with Crippen molar-refractivity contribution in [3.8, 4) is 11.5 Å². The molecule has 0 fully saturated rings. The summed E-state index contributed by atoms with van der Waals surface area (Å²) in [6.45, 7) is 5.54. The Morgan fingerprint density at radius 2 is 1.83 bits per heavy atom. The van der Waals surface area contributed by atoms with Crippen LogP contribution < -0.4 is 9.47 Å². The monoisotopic (exact) mass is 246 g/mol. The molecule has 2 aromatic rings. The first-order valence-electron chi connectivity index (χ1n) is 6.02. The van der Waals surface area contributed by atoms with Crippen molar-refractivity contribution in [2.45, 2.75) is 27.0 Å². The van der Waals surface area contributed by atoms with Crippen LogP contribution in [0.1, 0.15) is 18.4 Å². The predicted octanol–water partition coefficient (Wildman–Crippen LogP) is 2.80. The SMILES string of the molecule is CCn1c(C)cnc1COc1ccc(OC)cc1. The maximum absolute atomic E-state index is 5.71. The topological polar surface area (TPSA) is 36.3 Å². The molecule has 0 atom stereocenters. The Balaban J connectivity index is 2.02. The van der Waals surface area contributed by atoms with Crippen LogP contribution in [0.15, 0.2) is 30.5 Å². The van der Waals surface area contributed by atoms with Crippen LogP contribution in [-0.2, 0) is 13.2 Å². The molecular formula is C14H18N2O2. The number of hydrogen-bond acceptors (Lipinski definition) is 3. The van der Waals surface area contributed by atoms with Gasteiger partial charge in [-0.05, 0) is 38.1 Å². The molecule has 0 saturated heterocycles. The van der Waals surface area contributed by atoms with Crippen LogP contribution in [0.4, 0.5) is 0 Å². The fourth-order valence-electron chi connectivity index (χ4n) is 1.88. The van der Waals surface area contributed by atoms with Crippen molar-refractivity contribution in [1.82, 2.24) is 9.55 Å². The Morgan fingerprint density at radius 3 is 2.44 bits per heavy atom. The van der Waals surface area contributed by atoms with E-state index in [1.54, 1.807) is 7.11 Å². The largest absolute Gasteiger partial charge is 0.497 e. The van der Waals surface area contributed by atoms with Gasteiger partial charge in [-0.2, -0.15) is 0 Å². The van der Waals surface area contributed by atoms with Crippen molar-refractivity contribution in [2.75, 3.05) is 7.11 Å². The second-order valence-electron chi connectivity index (χ2n) is 4.02. The van der Waals surface area contributed by atoms with Crippen molar-refractivity contribution in [3.05, 3.63) is 42.0 Å². The first-order chi connectivity index (χ1) is 8.74. The smallest absolute Gasteiger partial charge is 0.146 e. The summed E-state index contributed by atoms with van der Waals surface area (Å²) >= 11 is 0. The molecule has 2 rings (SSSR count). The summed E-state index contributed by atoms with van der Waals surface area (Å²) in [7, 11) is 1.65. The quantitative estimate of drug-likeness (QED) is 0.814. The van der Waals surface area contributed by atoms with Gasteiger partial charge in [-0.25, -0.2) is 4.98 Å². The standard InChI is InChI=1S/C14H18N2O2/c1-4-16-11(2)9-15-14(16)10-18-13-7-5-12(17-3)6-8-13/h5-9H,4,10H2,1-3H3. The molecule has 0 unspecified atom stereocenters. The Kier molecular flexibility index (Phi) is 3.87. The van der Waals surface area contributed by atoms with Gasteiger partial charge < -0.3 is 14.0 Å². The minimum absolute atomic E-state index is 0.480. The van der Waals surface area contributed by atoms with E-state index in [9.17, 15) is 0 Å². The van der Waals surface area contributed by atoms with Gasteiger partial charge in [-0.3, -0.25) is 0 Å². The molecule has 4 nitrogen and oxygen atoms in total. The third-order valence-electron chi connectivity index (χ3n) is 2.88. The van der Waals surface area contributed by atoms with Crippen molar-refractivity contribution in [1.29, 1.82) is 0 Å². The van der Waals surface area contributed by atoms with Gasteiger partial charge in [-0.1, -0.05) is 0 Å². The van der Waals surface area contributed by atoms with Gasteiger partial charge in [0.1, 0.15) is 23.9 Å². The number of methoxy groups -OCH3 is 1. The number of ether oxygens (including phenoxy) is 2. The van der Waals surface area contributed by atoms with Crippen molar-refractivity contribution >= 4 is 0 Å². The molecule has 1 aromatic carbocycles. The first-order valence-corrected chi connectivity index (χ1v) is 6.02. The molecule has 0 saturated carbocycles. The molecule has 18 heavy (non-hydrogen) atoms. The number of hydrogen-bond donors (Lipinski definition) is 0. The van der Waals surface area contributed by atoms with E-state index in [4.69, 9.17) is 9.47 Å².